The van der Waals surface area contributed by atoms with Gasteiger partial charge in [0, 0.05) is 19.1 Å². The maximum atomic E-state index is 11.7. The lowest BCUT2D eigenvalue weighted by Crippen LogP contribution is -2.40. The van der Waals surface area contributed by atoms with Crippen LogP contribution in [0.15, 0.2) is 30.3 Å². The highest BCUT2D eigenvalue weighted by Gasteiger charge is 2.21. The maximum Gasteiger partial charge on any atom is 0.240 e. The fourth-order valence-electron chi connectivity index (χ4n) is 2.23. The van der Waals surface area contributed by atoms with E-state index in [1.807, 2.05) is 35.2 Å². The Labute approximate surface area is 112 Å². The van der Waals surface area contributed by atoms with Gasteiger partial charge >= 0.3 is 0 Å². The summed E-state index contributed by atoms with van der Waals surface area (Å²) in [7, 11) is 0. The van der Waals surface area contributed by atoms with Crippen LogP contribution in [0.25, 0.3) is 0 Å². The van der Waals surface area contributed by atoms with Crippen molar-refractivity contribution in [2.45, 2.75) is 18.9 Å². The van der Waals surface area contributed by atoms with Crippen LogP contribution >= 0.6 is 0 Å². The third-order valence-electron chi connectivity index (χ3n) is 3.16. The van der Waals surface area contributed by atoms with Crippen LogP contribution in [0.2, 0.25) is 0 Å². The molecule has 5 heteroatoms. The van der Waals surface area contributed by atoms with Crippen molar-refractivity contribution in [3.05, 3.63) is 35.9 Å². The molecule has 1 heterocycles. The first-order chi connectivity index (χ1) is 9.13. The molecular weight excluding hydrogens is 242 g/mol. The number of carbonyl (C=O) groups is 2. The minimum atomic E-state index is -0.264. The van der Waals surface area contributed by atoms with Crippen LogP contribution in [0, 0.1) is 0 Å². The number of hydrogen-bond donors (Lipinski definition) is 2. The summed E-state index contributed by atoms with van der Waals surface area (Å²) in [5.41, 5.74) is 6.66. The first-order valence-corrected chi connectivity index (χ1v) is 6.48. The first-order valence-electron chi connectivity index (χ1n) is 6.48. The normalized spacial score (nSPS) is 19.3. The Morgan fingerprint density at radius 1 is 1.26 bits per heavy atom. The quantitative estimate of drug-likeness (QED) is 0.794. The second-order valence-corrected chi connectivity index (χ2v) is 4.92. The summed E-state index contributed by atoms with van der Waals surface area (Å²) in [5.74, 6) is -0.519. The van der Waals surface area contributed by atoms with Crippen molar-refractivity contribution in [2.24, 2.45) is 5.73 Å². The minimum Gasteiger partial charge on any atom is -0.326 e. The van der Waals surface area contributed by atoms with E-state index in [-0.39, 0.29) is 30.8 Å². The molecule has 102 valence electrons. The van der Waals surface area contributed by atoms with Crippen LogP contribution in [0.1, 0.15) is 12.0 Å². The predicted octanol–water partition coefficient (Wildman–Crippen LogP) is -0.0951. The maximum absolute atomic E-state index is 11.7. The van der Waals surface area contributed by atoms with Gasteiger partial charge in [-0.15, -0.1) is 0 Å². The van der Waals surface area contributed by atoms with Crippen LogP contribution in [0.4, 0.5) is 0 Å². The van der Waals surface area contributed by atoms with Gasteiger partial charge in [0.1, 0.15) is 0 Å². The van der Waals surface area contributed by atoms with E-state index in [2.05, 4.69) is 5.32 Å². The summed E-state index contributed by atoms with van der Waals surface area (Å²) in [6.45, 7) is 1.79. The number of amides is 2. The molecule has 1 aliphatic rings. The average molecular weight is 261 g/mol. The zero-order valence-corrected chi connectivity index (χ0v) is 10.8. The molecule has 1 saturated heterocycles. The number of nitrogens with two attached hydrogens (primary N) is 1. The second kappa shape index (κ2) is 6.45. The van der Waals surface area contributed by atoms with E-state index in [9.17, 15) is 9.59 Å². The zero-order chi connectivity index (χ0) is 13.7. The topological polar surface area (TPSA) is 75.4 Å². The van der Waals surface area contributed by atoms with Crippen molar-refractivity contribution < 1.29 is 9.59 Å². The van der Waals surface area contributed by atoms with E-state index in [4.69, 9.17) is 5.73 Å². The van der Waals surface area contributed by atoms with Gasteiger partial charge in [-0.25, -0.2) is 0 Å². The highest BCUT2D eigenvalue weighted by molar-refractivity contribution is 5.96. The molecule has 1 fully saturated rings. The number of benzene rings is 1. The van der Waals surface area contributed by atoms with Crippen molar-refractivity contribution in [3.8, 4) is 0 Å². The zero-order valence-electron chi connectivity index (χ0n) is 10.8. The van der Waals surface area contributed by atoms with Gasteiger partial charge in [-0.3, -0.25) is 19.8 Å². The van der Waals surface area contributed by atoms with Crippen LogP contribution in [0.5, 0.6) is 0 Å². The Kier molecular flexibility index (Phi) is 4.65. The number of imide groups is 1. The van der Waals surface area contributed by atoms with E-state index in [1.54, 1.807) is 0 Å². The Morgan fingerprint density at radius 3 is 2.63 bits per heavy atom. The molecule has 19 heavy (non-hydrogen) atoms. The molecular formula is C14H19N3O2. The van der Waals surface area contributed by atoms with Crippen LogP contribution < -0.4 is 11.1 Å². The number of nitrogens with one attached hydrogen (secondary N) is 1. The van der Waals surface area contributed by atoms with E-state index in [1.165, 1.54) is 0 Å². The summed E-state index contributed by atoms with van der Waals surface area (Å²) >= 11 is 0. The van der Waals surface area contributed by atoms with Crippen molar-refractivity contribution in [1.82, 2.24) is 10.2 Å². The number of nitrogens with zero attached hydrogens (tertiary/aromatic N) is 1. The molecule has 1 atom stereocenters. The monoisotopic (exact) mass is 261 g/mol. The van der Waals surface area contributed by atoms with Gasteiger partial charge in [-0.1, -0.05) is 30.3 Å². The number of carbonyl (C=O) groups excluding carboxylic acids is 2. The van der Waals surface area contributed by atoms with Crippen LogP contribution in [-0.4, -0.2) is 42.4 Å². The molecule has 0 unspecified atom stereocenters. The molecule has 2 amide bonds. The number of likely N-dealkylation sites (tertiary alicyclic amines) is 1. The van der Waals surface area contributed by atoms with Gasteiger partial charge in [0.25, 0.3) is 0 Å². The standard InChI is InChI=1S/C14H19N3O2/c15-12-6-7-17(9-12)10-14(19)16-13(18)8-11-4-2-1-3-5-11/h1-5,12H,6-10,15H2,(H,16,18,19)/t12-/m1/s1. The Hall–Kier alpha value is -1.72. The fourth-order valence-corrected chi connectivity index (χ4v) is 2.23. The lowest BCUT2D eigenvalue weighted by Gasteiger charge is -2.14. The minimum absolute atomic E-state index is 0.146. The predicted molar refractivity (Wildman–Crippen MR) is 72.3 cm³/mol. The summed E-state index contributed by atoms with van der Waals surface area (Å²) in [6, 6.07) is 9.51. The summed E-state index contributed by atoms with van der Waals surface area (Å²) in [5, 5.41) is 2.41. The highest BCUT2D eigenvalue weighted by atomic mass is 16.2. The van der Waals surface area contributed by atoms with Gasteiger partial charge in [-0.05, 0) is 12.0 Å². The highest BCUT2D eigenvalue weighted by Crippen LogP contribution is 2.05. The smallest absolute Gasteiger partial charge is 0.240 e. The Balaban J connectivity index is 1.74. The van der Waals surface area contributed by atoms with Gasteiger partial charge < -0.3 is 5.73 Å². The molecule has 0 aromatic heterocycles. The molecule has 1 aliphatic heterocycles. The largest absolute Gasteiger partial charge is 0.326 e. The lowest BCUT2D eigenvalue weighted by atomic mass is 10.1. The summed E-state index contributed by atoms with van der Waals surface area (Å²) in [4.78, 5) is 25.3. The fraction of sp³-hybridized carbons (Fsp3) is 0.429. The molecule has 0 bridgehead atoms. The van der Waals surface area contributed by atoms with Crippen molar-refractivity contribution >= 4 is 11.8 Å². The second-order valence-electron chi connectivity index (χ2n) is 4.92. The van der Waals surface area contributed by atoms with Gasteiger partial charge in [-0.2, -0.15) is 0 Å². The number of hydrogen-bond acceptors (Lipinski definition) is 4. The lowest BCUT2D eigenvalue weighted by molar-refractivity contribution is -0.130. The van der Waals surface area contributed by atoms with Gasteiger partial charge in [0.15, 0.2) is 0 Å². The molecule has 0 radical (unpaired) electrons. The van der Waals surface area contributed by atoms with Crippen LogP contribution in [-0.2, 0) is 16.0 Å². The number of rotatable bonds is 4. The molecule has 3 N–H and O–H groups in total. The molecule has 0 spiro atoms. The molecule has 0 aliphatic carbocycles. The SMILES string of the molecule is N[C@@H]1CCN(CC(=O)NC(=O)Cc2ccccc2)C1. The molecule has 0 saturated carbocycles. The van der Waals surface area contributed by atoms with Gasteiger partial charge in [0.2, 0.25) is 11.8 Å². The van der Waals surface area contributed by atoms with E-state index >= 15 is 0 Å². The average Bonchev–Trinajstić information content (AvgIpc) is 2.75. The molecule has 2 rings (SSSR count). The van der Waals surface area contributed by atoms with Gasteiger partial charge in [0.05, 0.1) is 13.0 Å². The van der Waals surface area contributed by atoms with Crippen LogP contribution in [0.3, 0.4) is 0 Å². The van der Waals surface area contributed by atoms with Crippen molar-refractivity contribution in [1.29, 1.82) is 0 Å². The molecule has 1 aromatic carbocycles. The third kappa shape index (κ3) is 4.46. The van der Waals surface area contributed by atoms with E-state index < -0.39 is 0 Å². The Bertz CT molecular complexity index is 447. The summed E-state index contributed by atoms with van der Waals surface area (Å²) < 4.78 is 0. The van der Waals surface area contributed by atoms with E-state index in [0.29, 0.717) is 0 Å². The molecule has 1 aromatic rings. The first kappa shape index (κ1) is 13.7. The Morgan fingerprint density at radius 2 is 2.00 bits per heavy atom. The van der Waals surface area contributed by atoms with Crippen molar-refractivity contribution in [3.63, 3.8) is 0 Å². The van der Waals surface area contributed by atoms with E-state index in [0.717, 1.165) is 25.1 Å². The summed E-state index contributed by atoms with van der Waals surface area (Å²) in [6.07, 6.45) is 1.14. The molecule has 5 nitrogen and oxygen atoms in total. The van der Waals surface area contributed by atoms with Crippen molar-refractivity contribution in [2.75, 3.05) is 19.6 Å². The third-order valence-corrected chi connectivity index (χ3v) is 3.16.